The highest BCUT2D eigenvalue weighted by Crippen LogP contribution is 2.24. The number of likely N-dealkylation sites (N-methyl/N-ethyl adjacent to an activating group) is 1. The number of nitrogens with zero attached hydrogens (tertiary/aromatic N) is 1. The van der Waals surface area contributed by atoms with Crippen molar-refractivity contribution in [1.82, 2.24) is 4.90 Å². The summed E-state index contributed by atoms with van der Waals surface area (Å²) in [5.74, 6) is -1.64. The summed E-state index contributed by atoms with van der Waals surface area (Å²) in [5.41, 5.74) is 6.83. The molecule has 0 aliphatic heterocycles. The number of rotatable bonds is 5. The predicted octanol–water partition coefficient (Wildman–Crippen LogP) is 3.62. The summed E-state index contributed by atoms with van der Waals surface area (Å²) in [5, 5.41) is 0. The molecule has 2 rings (SSSR count). The van der Waals surface area contributed by atoms with Crippen molar-refractivity contribution >= 4 is 0 Å². The van der Waals surface area contributed by atoms with Gasteiger partial charge in [-0.15, -0.1) is 0 Å². The van der Waals surface area contributed by atoms with E-state index in [0.717, 1.165) is 12.6 Å². The van der Waals surface area contributed by atoms with Gasteiger partial charge in [-0.1, -0.05) is 32.3 Å². The second-order valence-corrected chi connectivity index (χ2v) is 5.66. The molecule has 0 heterocycles. The standard InChI is InChI=1S/C16H24F2N2/c1-2-20(13-6-4-3-5-7-13)11-16(19)12-8-9-14(17)15(18)10-12/h8-10,13,16H,2-7,11,19H2,1H3. The van der Waals surface area contributed by atoms with Crippen LogP contribution in [0.1, 0.15) is 50.6 Å². The molecule has 2 N–H and O–H groups in total. The van der Waals surface area contributed by atoms with E-state index in [-0.39, 0.29) is 6.04 Å². The molecule has 0 saturated heterocycles. The van der Waals surface area contributed by atoms with Gasteiger partial charge in [0.1, 0.15) is 0 Å². The van der Waals surface area contributed by atoms with Crippen molar-refractivity contribution in [3.8, 4) is 0 Å². The zero-order chi connectivity index (χ0) is 14.5. The van der Waals surface area contributed by atoms with E-state index in [1.165, 1.54) is 38.2 Å². The van der Waals surface area contributed by atoms with Crippen molar-refractivity contribution in [3.05, 3.63) is 35.4 Å². The third kappa shape index (κ3) is 3.76. The van der Waals surface area contributed by atoms with E-state index in [9.17, 15) is 8.78 Å². The van der Waals surface area contributed by atoms with Crippen LogP contribution < -0.4 is 5.73 Å². The lowest BCUT2D eigenvalue weighted by molar-refractivity contribution is 0.155. The van der Waals surface area contributed by atoms with E-state index < -0.39 is 11.6 Å². The minimum absolute atomic E-state index is 0.271. The number of hydrogen-bond donors (Lipinski definition) is 1. The van der Waals surface area contributed by atoms with Gasteiger partial charge in [0.25, 0.3) is 0 Å². The first-order chi connectivity index (χ1) is 9.61. The van der Waals surface area contributed by atoms with Gasteiger partial charge in [-0.05, 0) is 37.1 Å². The van der Waals surface area contributed by atoms with Crippen molar-refractivity contribution in [3.63, 3.8) is 0 Å². The van der Waals surface area contributed by atoms with Crippen LogP contribution >= 0.6 is 0 Å². The van der Waals surface area contributed by atoms with E-state index in [1.807, 2.05) is 0 Å². The molecule has 1 atom stereocenters. The van der Waals surface area contributed by atoms with Gasteiger partial charge in [-0.2, -0.15) is 0 Å². The Morgan fingerprint density at radius 3 is 2.50 bits per heavy atom. The summed E-state index contributed by atoms with van der Waals surface area (Å²) < 4.78 is 26.2. The fourth-order valence-electron chi connectivity index (χ4n) is 3.08. The minimum Gasteiger partial charge on any atom is -0.323 e. The molecule has 1 aromatic rings. The van der Waals surface area contributed by atoms with Gasteiger partial charge in [-0.3, -0.25) is 4.90 Å². The third-order valence-corrected chi connectivity index (χ3v) is 4.30. The van der Waals surface area contributed by atoms with Gasteiger partial charge in [-0.25, -0.2) is 8.78 Å². The Morgan fingerprint density at radius 1 is 1.20 bits per heavy atom. The summed E-state index contributed by atoms with van der Waals surface area (Å²) >= 11 is 0. The molecule has 1 fully saturated rings. The molecule has 0 radical (unpaired) electrons. The molecular weight excluding hydrogens is 258 g/mol. The Labute approximate surface area is 120 Å². The van der Waals surface area contributed by atoms with Gasteiger partial charge in [0, 0.05) is 18.6 Å². The van der Waals surface area contributed by atoms with Crippen LogP contribution in [0.5, 0.6) is 0 Å². The molecule has 1 aliphatic rings. The maximum Gasteiger partial charge on any atom is 0.159 e. The second-order valence-electron chi connectivity index (χ2n) is 5.66. The highest BCUT2D eigenvalue weighted by atomic mass is 19.2. The largest absolute Gasteiger partial charge is 0.323 e. The monoisotopic (exact) mass is 282 g/mol. The smallest absolute Gasteiger partial charge is 0.159 e. The maximum atomic E-state index is 13.3. The van der Waals surface area contributed by atoms with Crippen LogP contribution in [-0.4, -0.2) is 24.0 Å². The molecular formula is C16H24F2N2. The number of benzene rings is 1. The van der Waals surface area contributed by atoms with Crippen LogP contribution in [0, 0.1) is 11.6 Å². The van der Waals surface area contributed by atoms with Crippen LogP contribution in [0.15, 0.2) is 18.2 Å². The Balaban J connectivity index is 2.00. The third-order valence-electron chi connectivity index (χ3n) is 4.30. The summed E-state index contributed by atoms with van der Waals surface area (Å²) in [7, 11) is 0. The quantitative estimate of drug-likeness (QED) is 0.893. The van der Waals surface area contributed by atoms with E-state index in [0.29, 0.717) is 18.2 Å². The fourth-order valence-corrected chi connectivity index (χ4v) is 3.08. The molecule has 112 valence electrons. The summed E-state index contributed by atoms with van der Waals surface area (Å²) in [6.07, 6.45) is 6.32. The van der Waals surface area contributed by atoms with Crippen LogP contribution in [0.4, 0.5) is 8.78 Å². The van der Waals surface area contributed by atoms with Crippen LogP contribution in [0.3, 0.4) is 0 Å². The second kappa shape index (κ2) is 7.14. The SMILES string of the molecule is CCN(CC(N)c1ccc(F)c(F)c1)C1CCCCC1. The molecule has 0 bridgehead atoms. The van der Waals surface area contributed by atoms with Crippen molar-refractivity contribution in [1.29, 1.82) is 0 Å². The molecule has 4 heteroatoms. The van der Waals surface area contributed by atoms with Gasteiger partial charge in [0.2, 0.25) is 0 Å². The molecule has 1 unspecified atom stereocenters. The highest BCUT2D eigenvalue weighted by Gasteiger charge is 2.22. The summed E-state index contributed by atoms with van der Waals surface area (Å²) in [6.45, 7) is 3.78. The predicted molar refractivity (Wildman–Crippen MR) is 77.4 cm³/mol. The van der Waals surface area contributed by atoms with Crippen LogP contribution in [0.25, 0.3) is 0 Å². The zero-order valence-electron chi connectivity index (χ0n) is 12.1. The van der Waals surface area contributed by atoms with Gasteiger partial charge < -0.3 is 5.73 Å². The van der Waals surface area contributed by atoms with Gasteiger partial charge >= 0.3 is 0 Å². The normalized spacial score (nSPS) is 18.4. The van der Waals surface area contributed by atoms with Crippen LogP contribution in [-0.2, 0) is 0 Å². The van der Waals surface area contributed by atoms with E-state index >= 15 is 0 Å². The minimum atomic E-state index is -0.821. The molecule has 20 heavy (non-hydrogen) atoms. The fraction of sp³-hybridized carbons (Fsp3) is 0.625. The first-order valence-electron chi connectivity index (χ1n) is 7.56. The molecule has 1 aliphatic carbocycles. The number of halogens is 2. The summed E-state index contributed by atoms with van der Waals surface area (Å²) in [6, 6.07) is 4.27. The molecule has 1 saturated carbocycles. The Hall–Kier alpha value is -1.00. The lowest BCUT2D eigenvalue weighted by Gasteiger charge is -2.35. The van der Waals surface area contributed by atoms with Crippen molar-refractivity contribution in [2.75, 3.05) is 13.1 Å². The van der Waals surface area contributed by atoms with E-state index in [1.54, 1.807) is 6.07 Å². The van der Waals surface area contributed by atoms with Crippen molar-refractivity contribution in [2.45, 2.75) is 51.1 Å². The lowest BCUT2D eigenvalue weighted by atomic mass is 9.93. The number of hydrogen-bond acceptors (Lipinski definition) is 2. The highest BCUT2D eigenvalue weighted by molar-refractivity contribution is 5.21. The average molecular weight is 282 g/mol. The first kappa shape index (κ1) is 15.4. The Bertz CT molecular complexity index is 430. The average Bonchev–Trinajstić information content (AvgIpc) is 2.48. The maximum absolute atomic E-state index is 13.3. The zero-order valence-corrected chi connectivity index (χ0v) is 12.1. The molecule has 0 spiro atoms. The van der Waals surface area contributed by atoms with Crippen LogP contribution in [0.2, 0.25) is 0 Å². The van der Waals surface area contributed by atoms with Crippen molar-refractivity contribution in [2.24, 2.45) is 5.73 Å². The Kier molecular flexibility index (Phi) is 5.49. The van der Waals surface area contributed by atoms with Crippen molar-refractivity contribution < 1.29 is 8.78 Å². The van der Waals surface area contributed by atoms with E-state index in [2.05, 4.69) is 11.8 Å². The van der Waals surface area contributed by atoms with Gasteiger partial charge in [0.05, 0.1) is 0 Å². The number of nitrogens with two attached hydrogens (primary N) is 1. The molecule has 1 aromatic carbocycles. The molecule has 0 aromatic heterocycles. The molecule has 2 nitrogen and oxygen atoms in total. The van der Waals surface area contributed by atoms with Gasteiger partial charge in [0.15, 0.2) is 11.6 Å². The Morgan fingerprint density at radius 2 is 1.90 bits per heavy atom. The first-order valence-corrected chi connectivity index (χ1v) is 7.56. The molecule has 0 amide bonds. The van der Waals surface area contributed by atoms with E-state index in [4.69, 9.17) is 5.73 Å². The summed E-state index contributed by atoms with van der Waals surface area (Å²) in [4.78, 5) is 2.38. The lowest BCUT2D eigenvalue weighted by Crippen LogP contribution is -2.41. The topological polar surface area (TPSA) is 29.3 Å².